The number of hydrogen-bond donors (Lipinski definition) is 0. The molecule has 0 aromatic carbocycles. The van der Waals surface area contributed by atoms with Gasteiger partial charge < -0.3 is 31.5 Å². The summed E-state index contributed by atoms with van der Waals surface area (Å²) in [6, 6.07) is 4.32. The van der Waals surface area contributed by atoms with Crippen LogP contribution in [0.3, 0.4) is 0 Å². The largest absolute Gasteiger partial charge is 0.500 e. The molecule has 0 heterocycles. The van der Waals surface area contributed by atoms with E-state index in [4.69, 9.17) is 39.7 Å². The summed E-state index contributed by atoms with van der Waals surface area (Å²) in [5, 5.41) is 0. The van der Waals surface area contributed by atoms with Crippen molar-refractivity contribution in [2.75, 3.05) is 55.0 Å². The SMILES string of the molecule is C=C([Si](C)(C)CCCCCCCC[Si](OC)(OC)OC)[Si](C)(C)CN(C[Si](C)(C)C(=C)[Si](C)(C)CCCCCCCC[Si](OC)(OC)OC)C(C)=O. The summed E-state index contributed by atoms with van der Waals surface area (Å²) in [6.07, 6.45) is 16.4. The monoisotopic (exact) mass is 835 g/mol. The van der Waals surface area contributed by atoms with E-state index >= 15 is 0 Å². The third-order valence-electron chi connectivity index (χ3n) is 11.8. The van der Waals surface area contributed by atoms with Crippen LogP contribution in [0.1, 0.15) is 84.0 Å². The highest BCUT2D eigenvalue weighted by atomic mass is 28.4. The minimum atomic E-state index is -2.45. The molecular formula is C38H85NO7Si6. The minimum absolute atomic E-state index is 0.212. The topological polar surface area (TPSA) is 75.7 Å². The first-order chi connectivity index (χ1) is 24.1. The second-order valence-electron chi connectivity index (χ2n) is 17.7. The molecule has 14 heteroatoms. The Labute approximate surface area is 328 Å². The van der Waals surface area contributed by atoms with Gasteiger partial charge in [-0.1, -0.05) is 138 Å². The van der Waals surface area contributed by atoms with E-state index in [0.717, 1.165) is 37.3 Å². The van der Waals surface area contributed by atoms with Crippen LogP contribution >= 0.6 is 0 Å². The molecule has 308 valence electrons. The molecule has 52 heavy (non-hydrogen) atoms. The number of amides is 1. The highest BCUT2D eigenvalue weighted by molar-refractivity contribution is 7.06. The van der Waals surface area contributed by atoms with Gasteiger partial charge in [0.1, 0.15) is 0 Å². The molecule has 0 radical (unpaired) electrons. The van der Waals surface area contributed by atoms with E-state index in [0.29, 0.717) is 0 Å². The minimum Gasteiger partial charge on any atom is -0.377 e. The molecule has 0 fully saturated rings. The van der Waals surface area contributed by atoms with Crippen LogP contribution < -0.4 is 0 Å². The van der Waals surface area contributed by atoms with Crippen LogP contribution in [0.15, 0.2) is 22.8 Å². The fraction of sp³-hybridized carbons (Fsp3) is 0.868. The summed E-state index contributed by atoms with van der Waals surface area (Å²) < 4.78 is 33.4. The van der Waals surface area contributed by atoms with Crippen molar-refractivity contribution in [3.63, 3.8) is 0 Å². The lowest BCUT2D eigenvalue weighted by atomic mass is 10.1. The lowest BCUT2D eigenvalue weighted by molar-refractivity contribution is -0.127. The molecule has 1 amide bonds. The van der Waals surface area contributed by atoms with Gasteiger partial charge in [0.2, 0.25) is 5.91 Å². The highest BCUT2D eigenvalue weighted by Crippen LogP contribution is 2.33. The molecule has 0 rings (SSSR count). The molecule has 0 aromatic heterocycles. The van der Waals surface area contributed by atoms with Crippen LogP contribution in [-0.4, -0.2) is 116 Å². The van der Waals surface area contributed by atoms with Gasteiger partial charge in [-0.25, -0.2) is 0 Å². The van der Waals surface area contributed by atoms with Crippen molar-refractivity contribution in [2.45, 2.75) is 161 Å². The molecule has 0 atom stereocenters. The van der Waals surface area contributed by atoms with E-state index in [1.54, 1.807) is 49.6 Å². The van der Waals surface area contributed by atoms with E-state index in [1.165, 1.54) is 85.9 Å². The van der Waals surface area contributed by atoms with Crippen molar-refractivity contribution in [2.24, 2.45) is 0 Å². The third kappa shape index (κ3) is 17.9. The number of unbranched alkanes of at least 4 members (excludes halogenated alkanes) is 10. The van der Waals surface area contributed by atoms with E-state index in [9.17, 15) is 4.79 Å². The Kier molecular flexibility index (Phi) is 24.6. The van der Waals surface area contributed by atoms with Gasteiger partial charge in [0.05, 0.1) is 32.3 Å². The van der Waals surface area contributed by atoms with Gasteiger partial charge in [0, 0.05) is 74.0 Å². The van der Waals surface area contributed by atoms with Crippen LogP contribution in [0, 0.1) is 0 Å². The van der Waals surface area contributed by atoms with Crippen molar-refractivity contribution in [1.29, 1.82) is 0 Å². The van der Waals surface area contributed by atoms with Gasteiger partial charge >= 0.3 is 17.6 Å². The molecule has 0 saturated carbocycles. The predicted octanol–water partition coefficient (Wildman–Crippen LogP) is 10.5. The van der Waals surface area contributed by atoms with Gasteiger partial charge in [-0.3, -0.25) is 4.79 Å². The van der Waals surface area contributed by atoms with E-state index in [2.05, 4.69) is 57.3 Å². The van der Waals surface area contributed by atoms with E-state index in [1.807, 2.05) is 0 Å². The molecule has 0 bridgehead atoms. The fourth-order valence-electron chi connectivity index (χ4n) is 7.90. The Bertz CT molecular complexity index is 958. The Morgan fingerprint density at radius 2 is 0.654 bits per heavy atom. The molecular weight excluding hydrogens is 751 g/mol. The quantitative estimate of drug-likeness (QED) is 0.0493. The number of rotatable bonds is 32. The molecule has 0 unspecified atom stereocenters. The lowest BCUT2D eigenvalue weighted by Crippen LogP contribution is -2.57. The second kappa shape index (κ2) is 24.6. The lowest BCUT2D eigenvalue weighted by Gasteiger charge is -2.43. The Hall–Kier alpha value is 0.0113. The zero-order valence-corrected chi connectivity index (χ0v) is 42.9. The van der Waals surface area contributed by atoms with Gasteiger partial charge in [0.15, 0.2) is 0 Å². The van der Waals surface area contributed by atoms with Gasteiger partial charge in [-0.15, -0.1) is 13.2 Å². The summed E-state index contributed by atoms with van der Waals surface area (Å²) in [5.74, 6) is 0.212. The van der Waals surface area contributed by atoms with Crippen LogP contribution in [-0.2, 0) is 31.4 Å². The van der Waals surface area contributed by atoms with Crippen molar-refractivity contribution < 1.29 is 31.4 Å². The molecule has 0 aliphatic rings. The first-order valence-electron chi connectivity index (χ1n) is 20.1. The number of nitrogens with zero attached hydrogens (tertiary/aromatic N) is 1. The molecule has 0 aliphatic heterocycles. The molecule has 0 spiro atoms. The van der Waals surface area contributed by atoms with Crippen molar-refractivity contribution in [3.05, 3.63) is 22.8 Å². The first-order valence-corrected chi connectivity index (χ1v) is 36.8. The molecule has 0 aliphatic carbocycles. The van der Waals surface area contributed by atoms with Gasteiger partial charge in [-0.2, -0.15) is 0 Å². The number of carbonyl (C=O) groups excluding carboxylic acids is 1. The summed E-state index contributed by atoms with van der Waals surface area (Å²) in [5.41, 5.74) is 0. The normalized spacial score (nSPS) is 13.4. The maximum Gasteiger partial charge on any atom is 0.500 e. The third-order valence-corrected chi connectivity index (χ3v) is 37.7. The maximum atomic E-state index is 13.2. The average Bonchev–Trinajstić information content (AvgIpc) is 3.09. The van der Waals surface area contributed by atoms with E-state index < -0.39 is 49.9 Å². The van der Waals surface area contributed by atoms with Crippen molar-refractivity contribution in [1.82, 2.24) is 4.90 Å². The summed E-state index contributed by atoms with van der Waals surface area (Å²) >= 11 is 0. The predicted molar refractivity (Wildman–Crippen MR) is 239 cm³/mol. The van der Waals surface area contributed by atoms with E-state index in [-0.39, 0.29) is 5.91 Å². The van der Waals surface area contributed by atoms with Crippen LogP contribution in [0.5, 0.6) is 0 Å². The standard InChI is InChI=1S/C38H85NO7Si6/c1-36(40)39(34-49(14,15)37(2)47(10,11)30-26-22-18-20-24-28-32-51(41-4,42-5)43-6)35-50(16,17)38(3)48(12,13)31-27-23-19-21-25-29-33-52(44-7,45-8)46-9/h2-3,18-35H2,1,4-17H3. The van der Waals surface area contributed by atoms with Crippen LogP contribution in [0.2, 0.25) is 76.6 Å². The molecule has 0 saturated heterocycles. The number of carbonyl (C=O) groups is 1. The smallest absolute Gasteiger partial charge is 0.377 e. The molecule has 0 N–H and O–H groups in total. The Morgan fingerprint density at radius 3 is 0.885 bits per heavy atom. The van der Waals surface area contributed by atoms with Gasteiger partial charge in [-0.05, 0) is 12.8 Å². The average molecular weight is 837 g/mol. The summed E-state index contributed by atoms with van der Waals surface area (Å²) in [4.78, 5) is 18.5. The van der Waals surface area contributed by atoms with Crippen molar-refractivity contribution in [3.8, 4) is 0 Å². The Morgan fingerprint density at radius 1 is 0.423 bits per heavy atom. The fourth-order valence-corrected chi connectivity index (χ4v) is 33.4. The van der Waals surface area contributed by atoms with Crippen molar-refractivity contribution >= 4 is 55.8 Å². The Balaban J connectivity index is 4.96. The van der Waals surface area contributed by atoms with Crippen LogP contribution in [0.4, 0.5) is 0 Å². The number of hydrogen-bond acceptors (Lipinski definition) is 7. The zero-order valence-electron chi connectivity index (χ0n) is 36.9. The molecule has 0 aromatic rings. The maximum absolute atomic E-state index is 13.2. The summed E-state index contributed by atoms with van der Waals surface area (Å²) in [7, 11) is -1.81. The van der Waals surface area contributed by atoms with Gasteiger partial charge in [0.25, 0.3) is 0 Å². The molecule has 8 nitrogen and oxygen atoms in total. The highest BCUT2D eigenvalue weighted by Gasteiger charge is 2.42. The van der Waals surface area contributed by atoms with Crippen LogP contribution in [0.25, 0.3) is 0 Å². The second-order valence-corrected chi connectivity index (χ2v) is 44.0. The zero-order chi connectivity index (χ0) is 40.3. The summed E-state index contributed by atoms with van der Waals surface area (Å²) in [6.45, 7) is 31.2. The first kappa shape index (κ1) is 52.0.